The highest BCUT2D eigenvalue weighted by molar-refractivity contribution is 6.63. The molecule has 0 atom stereocenters. The summed E-state index contributed by atoms with van der Waals surface area (Å²) in [4.78, 5) is 41.1. The van der Waals surface area contributed by atoms with Crippen LogP contribution in [0.4, 0.5) is 0 Å². The van der Waals surface area contributed by atoms with Gasteiger partial charge >= 0.3 is 5.91 Å². The Bertz CT molecular complexity index is 209. The van der Waals surface area contributed by atoms with E-state index in [9.17, 15) is 19.2 Å². The number of Topliss-reactive ketones (excluding diaryl/α,β-unsaturated/α-hetero) is 2. The van der Waals surface area contributed by atoms with Crippen LogP contribution in [0.15, 0.2) is 0 Å². The van der Waals surface area contributed by atoms with E-state index in [1.54, 1.807) is 5.32 Å². The van der Waals surface area contributed by atoms with Gasteiger partial charge < -0.3 is 0 Å². The Morgan fingerprint density at radius 1 is 1.36 bits per heavy atom. The molecule has 0 saturated heterocycles. The summed E-state index contributed by atoms with van der Waals surface area (Å²) >= 11 is 0. The maximum atomic E-state index is 10.5. The molecule has 0 radical (unpaired) electrons. The van der Waals surface area contributed by atoms with E-state index in [1.807, 2.05) is 0 Å². The zero-order valence-corrected chi connectivity index (χ0v) is 5.92. The van der Waals surface area contributed by atoms with Gasteiger partial charge in [-0.15, -0.1) is 0 Å². The van der Waals surface area contributed by atoms with E-state index < -0.39 is 17.5 Å². The van der Waals surface area contributed by atoms with E-state index in [1.165, 1.54) is 6.92 Å². The Balaban J connectivity index is 4.13. The Labute approximate surface area is 62.8 Å². The van der Waals surface area contributed by atoms with Crippen molar-refractivity contribution in [2.24, 2.45) is 0 Å². The molecule has 0 aromatic carbocycles. The van der Waals surface area contributed by atoms with Crippen molar-refractivity contribution in [1.82, 2.24) is 5.32 Å². The molecule has 11 heavy (non-hydrogen) atoms. The molecule has 1 N–H and O–H groups in total. The maximum Gasteiger partial charge on any atom is 0.301 e. The minimum absolute atomic E-state index is 0.0366. The van der Waals surface area contributed by atoms with Gasteiger partial charge in [-0.2, -0.15) is 0 Å². The molecule has 0 rings (SSSR count). The summed E-state index contributed by atoms with van der Waals surface area (Å²) in [7, 11) is 0. The average Bonchev–Trinajstić information content (AvgIpc) is 2.02. The predicted octanol–water partition coefficient (Wildman–Crippen LogP) is -1.19. The molecule has 0 aliphatic carbocycles. The van der Waals surface area contributed by atoms with Crippen molar-refractivity contribution in [3.8, 4) is 0 Å². The lowest BCUT2D eigenvalue weighted by Crippen LogP contribution is -2.34. The lowest BCUT2D eigenvalue weighted by molar-refractivity contribution is -0.145. The van der Waals surface area contributed by atoms with Crippen molar-refractivity contribution >= 4 is 23.9 Å². The van der Waals surface area contributed by atoms with Crippen LogP contribution in [0.2, 0.25) is 0 Å². The Hall–Kier alpha value is -1.52. The number of carbonyl (C=O) groups excluding carboxylic acids is 4. The van der Waals surface area contributed by atoms with Gasteiger partial charge in [0.2, 0.25) is 12.2 Å². The van der Waals surface area contributed by atoms with Gasteiger partial charge in [-0.3, -0.25) is 24.5 Å². The second-order valence-electron chi connectivity index (χ2n) is 1.70. The van der Waals surface area contributed by atoms with Gasteiger partial charge in [0.15, 0.2) is 0 Å². The summed E-state index contributed by atoms with van der Waals surface area (Å²) in [6, 6.07) is 0. The van der Waals surface area contributed by atoms with E-state index in [0.717, 1.165) is 0 Å². The summed E-state index contributed by atoms with van der Waals surface area (Å²) < 4.78 is 0. The normalized spacial score (nSPS) is 8.45. The fourth-order valence-electron chi connectivity index (χ4n) is 0.406. The first-order valence-electron chi connectivity index (χ1n) is 2.95. The predicted molar refractivity (Wildman–Crippen MR) is 34.5 cm³/mol. The SMILES string of the molecule is CCC(=O)C(=O)C(=O)NC=O. The first kappa shape index (κ1) is 9.48. The van der Waals surface area contributed by atoms with Crippen molar-refractivity contribution in [1.29, 1.82) is 0 Å². The Kier molecular flexibility index (Phi) is 3.72. The summed E-state index contributed by atoms with van der Waals surface area (Å²) in [5, 5.41) is 1.57. The van der Waals surface area contributed by atoms with Gasteiger partial charge in [0.25, 0.3) is 5.78 Å². The molecule has 0 unspecified atom stereocenters. The summed E-state index contributed by atoms with van der Waals surface area (Å²) in [6.45, 7) is 1.45. The van der Waals surface area contributed by atoms with Gasteiger partial charge in [-0.05, 0) is 0 Å². The van der Waals surface area contributed by atoms with E-state index in [2.05, 4.69) is 0 Å². The Morgan fingerprint density at radius 3 is 2.27 bits per heavy atom. The highest BCUT2D eigenvalue weighted by Crippen LogP contribution is 1.82. The lowest BCUT2D eigenvalue weighted by Gasteiger charge is -1.92. The lowest BCUT2D eigenvalue weighted by atomic mass is 10.2. The molecule has 5 nitrogen and oxygen atoms in total. The number of hydrogen-bond acceptors (Lipinski definition) is 4. The van der Waals surface area contributed by atoms with Crippen molar-refractivity contribution in [2.45, 2.75) is 13.3 Å². The third kappa shape index (κ3) is 2.70. The molecule has 0 spiro atoms. The molecule has 2 amide bonds. The van der Waals surface area contributed by atoms with Crippen molar-refractivity contribution in [3.63, 3.8) is 0 Å². The molecule has 60 valence electrons. The zero-order valence-electron chi connectivity index (χ0n) is 5.92. The van der Waals surface area contributed by atoms with Crippen LogP contribution in [-0.2, 0) is 19.2 Å². The maximum absolute atomic E-state index is 10.5. The van der Waals surface area contributed by atoms with Crippen LogP contribution in [0.25, 0.3) is 0 Å². The largest absolute Gasteiger partial charge is 0.301 e. The molecule has 0 bridgehead atoms. The number of hydrogen-bond donors (Lipinski definition) is 1. The monoisotopic (exact) mass is 157 g/mol. The van der Waals surface area contributed by atoms with E-state index in [-0.39, 0.29) is 12.8 Å². The summed E-state index contributed by atoms with van der Waals surface area (Å²) in [6.07, 6.45) is 0.0221. The van der Waals surface area contributed by atoms with Crippen LogP contribution in [0.5, 0.6) is 0 Å². The molecule has 0 aromatic rings. The number of carbonyl (C=O) groups is 4. The number of ketones is 2. The quantitative estimate of drug-likeness (QED) is 0.316. The fraction of sp³-hybridized carbons (Fsp3) is 0.333. The second kappa shape index (κ2) is 4.32. The van der Waals surface area contributed by atoms with E-state index in [4.69, 9.17) is 0 Å². The fourth-order valence-corrected chi connectivity index (χ4v) is 0.406. The number of rotatable bonds is 4. The third-order valence-corrected chi connectivity index (χ3v) is 0.971. The topological polar surface area (TPSA) is 80.3 Å². The van der Waals surface area contributed by atoms with E-state index in [0.29, 0.717) is 0 Å². The second-order valence-corrected chi connectivity index (χ2v) is 1.70. The van der Waals surface area contributed by atoms with E-state index >= 15 is 0 Å². The first-order chi connectivity index (χ1) is 5.13. The van der Waals surface area contributed by atoms with Crippen LogP contribution < -0.4 is 5.32 Å². The molecular formula is C6H7NO4. The first-order valence-corrected chi connectivity index (χ1v) is 2.95. The van der Waals surface area contributed by atoms with Crippen LogP contribution in [0.3, 0.4) is 0 Å². The molecule has 0 aromatic heterocycles. The molecule has 0 aliphatic heterocycles. The molecule has 0 saturated carbocycles. The standard InChI is InChI=1S/C6H7NO4/c1-2-4(9)5(10)6(11)7-3-8/h3H,2H2,1H3,(H,7,8,11). The summed E-state index contributed by atoms with van der Waals surface area (Å²) in [5.41, 5.74) is 0. The zero-order chi connectivity index (χ0) is 8.85. The molecule has 0 fully saturated rings. The highest BCUT2D eigenvalue weighted by atomic mass is 16.2. The van der Waals surface area contributed by atoms with Crippen LogP contribution >= 0.6 is 0 Å². The third-order valence-electron chi connectivity index (χ3n) is 0.971. The summed E-state index contributed by atoms with van der Waals surface area (Å²) in [5.74, 6) is -3.16. The minimum Gasteiger partial charge on any atom is -0.292 e. The number of imide groups is 1. The molecular weight excluding hydrogens is 150 g/mol. The van der Waals surface area contributed by atoms with Gasteiger partial charge in [-0.1, -0.05) is 6.92 Å². The van der Waals surface area contributed by atoms with Gasteiger partial charge in [-0.25, -0.2) is 0 Å². The van der Waals surface area contributed by atoms with Crippen LogP contribution in [-0.4, -0.2) is 23.9 Å². The van der Waals surface area contributed by atoms with Gasteiger partial charge in [0.1, 0.15) is 0 Å². The smallest absolute Gasteiger partial charge is 0.292 e. The van der Waals surface area contributed by atoms with Crippen molar-refractivity contribution < 1.29 is 19.2 Å². The van der Waals surface area contributed by atoms with Crippen LogP contribution in [0.1, 0.15) is 13.3 Å². The van der Waals surface area contributed by atoms with Crippen LogP contribution in [0, 0.1) is 0 Å². The Morgan fingerprint density at radius 2 is 1.91 bits per heavy atom. The highest BCUT2D eigenvalue weighted by Gasteiger charge is 2.19. The van der Waals surface area contributed by atoms with Crippen molar-refractivity contribution in [2.75, 3.05) is 0 Å². The molecule has 5 heteroatoms. The number of nitrogens with one attached hydrogen (secondary N) is 1. The molecule has 0 aliphatic rings. The molecule has 0 heterocycles. The minimum atomic E-state index is -1.18. The average molecular weight is 157 g/mol. The van der Waals surface area contributed by atoms with Gasteiger partial charge in [0.05, 0.1) is 0 Å². The van der Waals surface area contributed by atoms with Crippen molar-refractivity contribution in [3.05, 3.63) is 0 Å². The number of amides is 2. The van der Waals surface area contributed by atoms with Gasteiger partial charge in [0, 0.05) is 6.42 Å².